The summed E-state index contributed by atoms with van der Waals surface area (Å²) < 4.78 is 79.4. The fraction of sp³-hybridized carbons (Fsp3) is 0.368. The minimum Gasteiger partial charge on any atom is -0.386 e. The molecule has 0 spiro atoms. The highest BCUT2D eigenvalue weighted by Crippen LogP contribution is 2.37. The second kappa shape index (κ2) is 10.2. The van der Waals surface area contributed by atoms with Gasteiger partial charge in [0.25, 0.3) is 0 Å². The largest absolute Gasteiger partial charge is 0.423 e. The Bertz CT molecular complexity index is 1140. The van der Waals surface area contributed by atoms with Crippen LogP contribution in [0.3, 0.4) is 0 Å². The van der Waals surface area contributed by atoms with Gasteiger partial charge in [0.1, 0.15) is 16.9 Å². The summed E-state index contributed by atoms with van der Waals surface area (Å²) in [7, 11) is 0. The number of alkyl halides is 6. The van der Waals surface area contributed by atoms with E-state index >= 15 is 0 Å². The highest BCUT2D eigenvalue weighted by atomic mass is 32.1. The van der Waals surface area contributed by atoms with E-state index < -0.39 is 31.2 Å². The summed E-state index contributed by atoms with van der Waals surface area (Å²) in [6.07, 6.45) is -14.7. The van der Waals surface area contributed by atoms with E-state index in [1.54, 1.807) is 12.3 Å². The number of nitriles is 1. The number of hydrogen-bond acceptors (Lipinski definition) is 9. The monoisotopic (exact) mass is 523 g/mol. The van der Waals surface area contributed by atoms with Crippen molar-refractivity contribution in [2.45, 2.75) is 44.5 Å². The number of hydrogen-bond donors (Lipinski definition) is 2. The van der Waals surface area contributed by atoms with Gasteiger partial charge in [-0.25, -0.2) is 15.0 Å². The van der Waals surface area contributed by atoms with Gasteiger partial charge in [0.05, 0.1) is 35.4 Å². The lowest BCUT2D eigenvalue weighted by Crippen LogP contribution is -2.44. The average molecular weight is 523 g/mol. The minimum absolute atomic E-state index is 0.0142. The predicted molar refractivity (Wildman–Crippen MR) is 111 cm³/mol. The summed E-state index contributed by atoms with van der Waals surface area (Å²) in [6.45, 7) is 0.622. The Morgan fingerprint density at radius 3 is 2.44 bits per heavy atom. The van der Waals surface area contributed by atoms with Crippen molar-refractivity contribution in [3.8, 4) is 16.6 Å². The summed E-state index contributed by atoms with van der Waals surface area (Å²) in [5.41, 5.74) is 1.02. The lowest BCUT2D eigenvalue weighted by atomic mass is 10.2. The number of anilines is 2. The van der Waals surface area contributed by atoms with Gasteiger partial charge in [-0.15, -0.1) is 22.7 Å². The molecule has 1 atom stereocenters. The molecule has 0 aliphatic rings. The van der Waals surface area contributed by atoms with Crippen LogP contribution in [-0.2, 0) is 17.8 Å². The zero-order chi connectivity index (χ0) is 25.1. The zero-order valence-electron chi connectivity index (χ0n) is 17.1. The van der Waals surface area contributed by atoms with E-state index in [1.165, 1.54) is 34.8 Å². The smallest absolute Gasteiger partial charge is 0.386 e. The molecule has 3 aromatic rings. The summed E-state index contributed by atoms with van der Waals surface area (Å²) in [5, 5.41) is 24.2. The molecule has 0 saturated carbocycles. The van der Waals surface area contributed by atoms with Crippen molar-refractivity contribution in [1.29, 1.82) is 5.26 Å². The summed E-state index contributed by atoms with van der Waals surface area (Å²) in [5.74, 6) is 0.249. The first-order chi connectivity index (χ1) is 15.9. The van der Waals surface area contributed by atoms with Crippen molar-refractivity contribution in [1.82, 2.24) is 15.0 Å². The Morgan fingerprint density at radius 1 is 1.18 bits per heavy atom. The van der Waals surface area contributed by atoms with E-state index in [9.17, 15) is 31.4 Å². The third kappa shape index (κ3) is 6.41. The predicted octanol–water partition coefficient (Wildman–Crippen LogP) is 5.53. The van der Waals surface area contributed by atoms with Crippen LogP contribution in [0.4, 0.5) is 37.3 Å². The molecule has 15 heteroatoms. The van der Waals surface area contributed by atoms with Gasteiger partial charge in [-0.2, -0.15) is 31.6 Å². The van der Waals surface area contributed by atoms with Crippen molar-refractivity contribution in [3.05, 3.63) is 40.0 Å². The van der Waals surface area contributed by atoms with Gasteiger partial charge in [0.15, 0.2) is 5.13 Å². The highest BCUT2D eigenvalue weighted by Gasteiger charge is 2.57. The number of rotatable bonds is 8. The van der Waals surface area contributed by atoms with Crippen LogP contribution in [0, 0.1) is 11.3 Å². The second-order valence-electron chi connectivity index (χ2n) is 6.83. The normalized spacial score (nSPS) is 13.2. The number of nitrogens with zero attached hydrogens (tertiary/aromatic N) is 4. The molecule has 0 radical (unpaired) electrons. The van der Waals surface area contributed by atoms with E-state index in [1.807, 2.05) is 6.07 Å². The number of ether oxygens (including phenoxy) is 1. The van der Waals surface area contributed by atoms with E-state index in [-0.39, 0.29) is 17.8 Å². The van der Waals surface area contributed by atoms with Crippen molar-refractivity contribution in [2.75, 3.05) is 5.32 Å². The van der Waals surface area contributed by atoms with Crippen molar-refractivity contribution in [2.24, 2.45) is 0 Å². The molecule has 0 bridgehead atoms. The van der Waals surface area contributed by atoms with Crippen LogP contribution in [0.25, 0.3) is 10.6 Å². The molecule has 0 aliphatic heterocycles. The molecule has 0 fully saturated rings. The van der Waals surface area contributed by atoms with Crippen LogP contribution in [0.15, 0.2) is 23.7 Å². The molecule has 7 nitrogen and oxygen atoms in total. The standard InChI is InChI=1S/C19H15F6N5O2S2/c1-9(31)15-28-11(4-5-26)14(34-15)12-8-33-17(29-12)30-13-3-2-10(6-27-13)7-32-16(18(20,21)22)19(23,24)25/h2-3,6,8-9,16,31H,4,7H2,1H3,(H,27,29,30). The number of thiazole rings is 2. The van der Waals surface area contributed by atoms with Gasteiger partial charge in [0, 0.05) is 11.6 Å². The van der Waals surface area contributed by atoms with Gasteiger partial charge in [-0.3, -0.25) is 0 Å². The first kappa shape index (κ1) is 25.8. The molecular formula is C19H15F6N5O2S2. The third-order valence-electron chi connectivity index (χ3n) is 4.13. The van der Waals surface area contributed by atoms with Crippen LogP contribution >= 0.6 is 22.7 Å². The molecule has 0 aliphatic carbocycles. The first-order valence-corrected chi connectivity index (χ1v) is 11.1. The Labute approximate surface area is 196 Å². The van der Waals surface area contributed by atoms with Gasteiger partial charge < -0.3 is 15.2 Å². The summed E-state index contributed by atoms with van der Waals surface area (Å²) in [4.78, 5) is 13.3. The van der Waals surface area contributed by atoms with E-state index in [0.29, 0.717) is 26.4 Å². The van der Waals surface area contributed by atoms with Crippen LogP contribution in [0.5, 0.6) is 0 Å². The second-order valence-corrected chi connectivity index (χ2v) is 8.72. The average Bonchev–Trinajstić information content (AvgIpc) is 3.35. The van der Waals surface area contributed by atoms with Crippen LogP contribution in [0.1, 0.15) is 29.3 Å². The molecule has 1 unspecified atom stereocenters. The lowest BCUT2D eigenvalue weighted by molar-refractivity contribution is -0.324. The molecule has 0 saturated heterocycles. The van der Waals surface area contributed by atoms with Crippen molar-refractivity contribution in [3.63, 3.8) is 0 Å². The van der Waals surface area contributed by atoms with Gasteiger partial charge in [-0.1, -0.05) is 6.07 Å². The lowest BCUT2D eigenvalue weighted by Gasteiger charge is -2.23. The Kier molecular flexibility index (Phi) is 7.76. The summed E-state index contributed by atoms with van der Waals surface area (Å²) >= 11 is 2.41. The third-order valence-corrected chi connectivity index (χ3v) is 6.17. The molecular weight excluding hydrogens is 508 g/mol. The fourth-order valence-corrected chi connectivity index (χ4v) is 4.39. The minimum atomic E-state index is -5.59. The van der Waals surface area contributed by atoms with Crippen LogP contribution in [0.2, 0.25) is 0 Å². The molecule has 34 heavy (non-hydrogen) atoms. The van der Waals surface area contributed by atoms with Gasteiger partial charge in [0.2, 0.25) is 6.10 Å². The van der Waals surface area contributed by atoms with Gasteiger partial charge >= 0.3 is 12.4 Å². The first-order valence-electron chi connectivity index (χ1n) is 9.36. The molecule has 0 amide bonds. The number of aliphatic hydroxyl groups excluding tert-OH is 1. The van der Waals surface area contributed by atoms with E-state index in [0.717, 1.165) is 6.20 Å². The number of aliphatic hydroxyl groups is 1. The Morgan fingerprint density at radius 2 is 1.88 bits per heavy atom. The maximum atomic E-state index is 12.6. The SMILES string of the molecule is CC(O)c1nc(CC#N)c(-c2csc(Nc3ccc(COC(C(F)(F)F)C(F)(F)F)cn3)n2)s1. The maximum absolute atomic E-state index is 12.6. The molecule has 3 aromatic heterocycles. The highest BCUT2D eigenvalue weighted by molar-refractivity contribution is 7.17. The van der Waals surface area contributed by atoms with E-state index in [4.69, 9.17) is 5.26 Å². The molecule has 0 aromatic carbocycles. The number of pyridine rings is 1. The molecule has 3 rings (SSSR count). The van der Waals surface area contributed by atoms with Crippen LogP contribution < -0.4 is 5.32 Å². The molecule has 2 N–H and O–H groups in total. The Hall–Kier alpha value is -2.80. The van der Waals surface area contributed by atoms with E-state index in [2.05, 4.69) is 25.0 Å². The Balaban J connectivity index is 1.68. The van der Waals surface area contributed by atoms with Crippen molar-refractivity contribution < 1.29 is 36.2 Å². The van der Waals surface area contributed by atoms with Crippen molar-refractivity contribution >= 4 is 33.6 Å². The maximum Gasteiger partial charge on any atom is 0.423 e. The molecule has 3 heterocycles. The number of nitrogens with one attached hydrogen (secondary N) is 1. The summed E-state index contributed by atoms with van der Waals surface area (Å²) in [6, 6.07) is 4.64. The number of aromatic nitrogens is 3. The zero-order valence-corrected chi connectivity index (χ0v) is 18.7. The van der Waals surface area contributed by atoms with Crippen LogP contribution in [-0.4, -0.2) is 38.5 Å². The quantitative estimate of drug-likeness (QED) is 0.374. The van der Waals surface area contributed by atoms with Gasteiger partial charge in [-0.05, 0) is 18.6 Å². The topological polar surface area (TPSA) is 104 Å². The fourth-order valence-electron chi connectivity index (χ4n) is 2.63. The number of halogens is 6. The molecule has 182 valence electrons.